The van der Waals surface area contributed by atoms with Crippen LogP contribution in [-0.2, 0) is 9.59 Å². The highest BCUT2D eigenvalue weighted by Crippen LogP contribution is 2.35. The Kier molecular flexibility index (Phi) is 6.55. The lowest BCUT2D eigenvalue weighted by Crippen LogP contribution is -2.32. The van der Waals surface area contributed by atoms with Crippen LogP contribution in [0.25, 0.3) is 5.57 Å². The summed E-state index contributed by atoms with van der Waals surface area (Å²) in [5.74, 6) is 0.0240. The van der Waals surface area contributed by atoms with Gasteiger partial charge < -0.3 is 10.1 Å². The van der Waals surface area contributed by atoms with Crippen LogP contribution in [0, 0.1) is 27.7 Å². The van der Waals surface area contributed by atoms with Crippen LogP contribution < -0.4 is 15.0 Å². The summed E-state index contributed by atoms with van der Waals surface area (Å²) in [5, 5.41) is 3.25. The van der Waals surface area contributed by atoms with Gasteiger partial charge in [-0.05, 0) is 98.3 Å². The smallest absolute Gasteiger partial charge is 0.282 e. The fraction of sp³-hybridized carbons (Fsp3) is 0.241. The summed E-state index contributed by atoms with van der Waals surface area (Å²) in [6, 6.07) is 19.0. The molecule has 0 saturated heterocycles. The van der Waals surface area contributed by atoms with E-state index in [2.05, 4.69) is 5.32 Å². The van der Waals surface area contributed by atoms with Crippen LogP contribution >= 0.6 is 0 Å². The highest BCUT2D eigenvalue weighted by molar-refractivity contribution is 6.46. The third kappa shape index (κ3) is 4.60. The van der Waals surface area contributed by atoms with Crippen molar-refractivity contribution in [1.29, 1.82) is 0 Å². The number of imide groups is 1. The maximum atomic E-state index is 13.7. The van der Waals surface area contributed by atoms with E-state index in [0.29, 0.717) is 23.4 Å². The maximum Gasteiger partial charge on any atom is 0.282 e. The molecule has 0 unspecified atom stereocenters. The van der Waals surface area contributed by atoms with Gasteiger partial charge in [0.25, 0.3) is 11.8 Å². The molecule has 0 spiro atoms. The predicted molar refractivity (Wildman–Crippen MR) is 137 cm³/mol. The first-order valence-electron chi connectivity index (χ1n) is 11.6. The number of rotatable bonds is 7. The molecule has 5 nitrogen and oxygen atoms in total. The van der Waals surface area contributed by atoms with Crippen molar-refractivity contribution < 1.29 is 14.3 Å². The molecular weight excluding hydrogens is 424 g/mol. The van der Waals surface area contributed by atoms with Crippen LogP contribution in [0.5, 0.6) is 5.75 Å². The number of amides is 2. The Morgan fingerprint density at radius 1 is 0.794 bits per heavy atom. The molecule has 0 saturated carbocycles. The van der Waals surface area contributed by atoms with Crippen LogP contribution in [-0.4, -0.2) is 18.4 Å². The fourth-order valence-electron chi connectivity index (χ4n) is 4.13. The van der Waals surface area contributed by atoms with Crippen LogP contribution in [0.3, 0.4) is 0 Å². The van der Waals surface area contributed by atoms with Crippen molar-refractivity contribution in [2.75, 3.05) is 16.8 Å². The first kappa shape index (κ1) is 23.3. The molecule has 174 valence electrons. The van der Waals surface area contributed by atoms with Gasteiger partial charge in [-0.2, -0.15) is 0 Å². The quantitative estimate of drug-likeness (QED) is 0.438. The minimum Gasteiger partial charge on any atom is -0.494 e. The molecule has 0 radical (unpaired) electrons. The van der Waals surface area contributed by atoms with Crippen molar-refractivity contribution in [3.8, 4) is 5.75 Å². The number of hydrogen-bond donors (Lipinski definition) is 1. The molecule has 0 aromatic heterocycles. The largest absolute Gasteiger partial charge is 0.494 e. The van der Waals surface area contributed by atoms with E-state index in [1.165, 1.54) is 4.90 Å². The molecule has 1 aliphatic rings. The zero-order chi connectivity index (χ0) is 24.4. The number of nitrogens with zero attached hydrogens (tertiary/aromatic N) is 1. The summed E-state index contributed by atoms with van der Waals surface area (Å²) in [4.78, 5) is 28.6. The highest BCUT2D eigenvalue weighted by atomic mass is 16.5. The Morgan fingerprint density at radius 2 is 1.47 bits per heavy atom. The van der Waals surface area contributed by atoms with E-state index < -0.39 is 0 Å². The second kappa shape index (κ2) is 9.56. The van der Waals surface area contributed by atoms with Crippen molar-refractivity contribution in [3.63, 3.8) is 0 Å². The van der Waals surface area contributed by atoms with E-state index >= 15 is 0 Å². The number of nitrogens with one attached hydrogen (secondary N) is 1. The number of benzene rings is 3. The van der Waals surface area contributed by atoms with Crippen LogP contribution in [0.1, 0.15) is 41.2 Å². The van der Waals surface area contributed by atoms with Crippen LogP contribution in [0.15, 0.2) is 66.4 Å². The van der Waals surface area contributed by atoms with Crippen molar-refractivity contribution in [3.05, 3.63) is 94.2 Å². The van der Waals surface area contributed by atoms with Gasteiger partial charge in [0, 0.05) is 5.69 Å². The monoisotopic (exact) mass is 454 g/mol. The van der Waals surface area contributed by atoms with Gasteiger partial charge in [-0.3, -0.25) is 9.59 Å². The molecule has 5 heteroatoms. The SMILES string of the molecule is CCCOc1ccc(C2=C(Nc3ccc(C)c(C)c3)C(=O)N(c3cc(C)cc(C)c3)C2=O)cc1. The second-order valence-electron chi connectivity index (χ2n) is 8.84. The van der Waals surface area contributed by atoms with Gasteiger partial charge in [0.2, 0.25) is 0 Å². The van der Waals surface area contributed by atoms with Gasteiger partial charge in [-0.25, -0.2) is 4.90 Å². The van der Waals surface area contributed by atoms with Gasteiger partial charge in [0.15, 0.2) is 0 Å². The zero-order valence-electron chi connectivity index (χ0n) is 20.4. The van der Waals surface area contributed by atoms with Gasteiger partial charge in [-0.15, -0.1) is 0 Å². The zero-order valence-corrected chi connectivity index (χ0v) is 20.4. The molecule has 1 aliphatic heterocycles. The lowest BCUT2D eigenvalue weighted by molar-refractivity contribution is -0.120. The lowest BCUT2D eigenvalue weighted by atomic mass is 10.0. The molecule has 3 aromatic carbocycles. The molecule has 0 aliphatic carbocycles. The number of carbonyl (C=O) groups is 2. The molecule has 0 bridgehead atoms. The second-order valence-corrected chi connectivity index (χ2v) is 8.84. The van der Waals surface area contributed by atoms with E-state index in [4.69, 9.17) is 4.74 Å². The topological polar surface area (TPSA) is 58.6 Å². The molecule has 0 atom stereocenters. The molecule has 2 amide bonds. The van der Waals surface area contributed by atoms with E-state index in [0.717, 1.165) is 40.1 Å². The van der Waals surface area contributed by atoms with Crippen LogP contribution in [0.2, 0.25) is 0 Å². The van der Waals surface area contributed by atoms with E-state index in [9.17, 15) is 9.59 Å². The van der Waals surface area contributed by atoms with Gasteiger partial charge in [0.1, 0.15) is 11.4 Å². The molecule has 1 N–H and O–H groups in total. The Morgan fingerprint density at radius 3 is 2.09 bits per heavy atom. The summed E-state index contributed by atoms with van der Waals surface area (Å²) in [6.07, 6.45) is 0.912. The van der Waals surface area contributed by atoms with Crippen LogP contribution in [0.4, 0.5) is 11.4 Å². The lowest BCUT2D eigenvalue weighted by Gasteiger charge is -2.17. The van der Waals surface area contributed by atoms with Gasteiger partial charge >= 0.3 is 0 Å². The van der Waals surface area contributed by atoms with Gasteiger partial charge in [0.05, 0.1) is 17.9 Å². The minimum absolute atomic E-state index is 0.273. The summed E-state index contributed by atoms with van der Waals surface area (Å²) in [7, 11) is 0. The van der Waals surface area contributed by atoms with Crippen molar-refractivity contribution in [2.45, 2.75) is 41.0 Å². The molecule has 34 heavy (non-hydrogen) atoms. The fourth-order valence-corrected chi connectivity index (χ4v) is 4.13. The summed E-state index contributed by atoms with van der Waals surface area (Å²) in [5.41, 5.74) is 6.88. The Balaban J connectivity index is 1.79. The first-order valence-corrected chi connectivity index (χ1v) is 11.6. The molecular formula is C29H30N2O3. The van der Waals surface area contributed by atoms with E-state index in [-0.39, 0.29) is 17.5 Å². The number of carbonyl (C=O) groups excluding carboxylic acids is 2. The number of aryl methyl sites for hydroxylation is 4. The Labute approximate surface area is 201 Å². The standard InChI is InChI=1S/C29H30N2O3/c1-6-13-34-25-11-8-22(9-12-25)26-27(30-23-10-7-20(4)21(5)17-23)29(33)31(28(26)32)24-15-18(2)14-19(3)16-24/h7-12,14-17,30H,6,13H2,1-5H3. The number of ether oxygens (including phenoxy) is 1. The Hall–Kier alpha value is -3.86. The minimum atomic E-state index is -0.366. The number of hydrogen-bond acceptors (Lipinski definition) is 4. The summed E-state index contributed by atoms with van der Waals surface area (Å²) < 4.78 is 5.69. The highest BCUT2D eigenvalue weighted by Gasteiger charge is 2.40. The first-order chi connectivity index (χ1) is 16.3. The van der Waals surface area contributed by atoms with E-state index in [1.807, 2.05) is 95.3 Å². The van der Waals surface area contributed by atoms with Crippen molar-refractivity contribution >= 4 is 28.8 Å². The summed E-state index contributed by atoms with van der Waals surface area (Å²) in [6.45, 7) is 10.7. The van der Waals surface area contributed by atoms with E-state index in [1.54, 1.807) is 0 Å². The summed E-state index contributed by atoms with van der Waals surface area (Å²) >= 11 is 0. The molecule has 4 rings (SSSR count). The van der Waals surface area contributed by atoms with Crippen molar-refractivity contribution in [1.82, 2.24) is 0 Å². The third-order valence-corrected chi connectivity index (χ3v) is 5.94. The predicted octanol–water partition coefficient (Wildman–Crippen LogP) is 6.11. The average molecular weight is 455 g/mol. The number of anilines is 2. The molecule has 1 heterocycles. The normalized spacial score (nSPS) is 13.6. The molecule has 0 fully saturated rings. The van der Waals surface area contributed by atoms with Crippen molar-refractivity contribution in [2.24, 2.45) is 0 Å². The Bertz CT molecular complexity index is 1270. The van der Waals surface area contributed by atoms with Gasteiger partial charge in [-0.1, -0.05) is 31.2 Å². The maximum absolute atomic E-state index is 13.7. The average Bonchev–Trinajstić information content (AvgIpc) is 3.04. The third-order valence-electron chi connectivity index (χ3n) is 5.94. The molecule has 3 aromatic rings.